The lowest BCUT2D eigenvalue weighted by Gasteiger charge is -2.25. The van der Waals surface area contributed by atoms with Crippen LogP contribution >= 0.6 is 0 Å². The third-order valence-corrected chi connectivity index (χ3v) is 6.29. The van der Waals surface area contributed by atoms with E-state index in [9.17, 15) is 18.6 Å². The summed E-state index contributed by atoms with van der Waals surface area (Å²) < 4.78 is 15.6. The summed E-state index contributed by atoms with van der Waals surface area (Å²) in [5.74, 6) is -0.288. The Morgan fingerprint density at radius 3 is 2.83 bits per heavy atom. The number of benzene rings is 1. The van der Waals surface area contributed by atoms with Crippen LogP contribution in [-0.4, -0.2) is 58.9 Å². The van der Waals surface area contributed by atoms with Crippen molar-refractivity contribution in [1.82, 2.24) is 14.9 Å². The van der Waals surface area contributed by atoms with Gasteiger partial charge in [-0.15, -0.1) is 0 Å². The Morgan fingerprint density at radius 2 is 2.13 bits per heavy atom. The molecule has 1 saturated heterocycles. The largest absolute Gasteiger partial charge is 0.345 e. The number of amides is 2. The maximum absolute atomic E-state index is 12.9. The van der Waals surface area contributed by atoms with Crippen LogP contribution in [0.3, 0.4) is 0 Å². The van der Waals surface area contributed by atoms with E-state index in [2.05, 4.69) is 10.0 Å². The van der Waals surface area contributed by atoms with Crippen molar-refractivity contribution in [2.24, 2.45) is 5.73 Å². The van der Waals surface area contributed by atoms with Gasteiger partial charge in [0, 0.05) is 6.54 Å². The number of aldehydes is 1. The highest BCUT2D eigenvalue weighted by molar-refractivity contribution is 7.82. The fourth-order valence-corrected chi connectivity index (χ4v) is 4.65. The van der Waals surface area contributed by atoms with E-state index in [4.69, 9.17) is 5.73 Å². The Labute approximate surface area is 180 Å². The molecular weight excluding hydrogens is 404 g/mol. The van der Waals surface area contributed by atoms with E-state index in [1.54, 1.807) is 0 Å². The van der Waals surface area contributed by atoms with Crippen LogP contribution < -0.4 is 15.8 Å². The fraction of sp³-hybridized carbons (Fsp3) is 0.571. The van der Waals surface area contributed by atoms with Crippen molar-refractivity contribution >= 4 is 29.1 Å². The molecule has 0 aliphatic carbocycles. The number of aryl methyl sites for hydroxylation is 1. The van der Waals surface area contributed by atoms with E-state index in [1.165, 1.54) is 4.90 Å². The Balaban J connectivity index is 1.93. The van der Waals surface area contributed by atoms with E-state index in [0.717, 1.165) is 24.0 Å². The molecule has 0 spiro atoms. The Hall–Kier alpha value is -2.10. The van der Waals surface area contributed by atoms with Gasteiger partial charge >= 0.3 is 0 Å². The van der Waals surface area contributed by atoms with Gasteiger partial charge in [-0.05, 0) is 56.7 Å². The lowest BCUT2D eigenvalue weighted by Crippen LogP contribution is -2.50. The number of rotatable bonds is 11. The summed E-state index contributed by atoms with van der Waals surface area (Å²) >= 11 is 0. The van der Waals surface area contributed by atoms with Crippen molar-refractivity contribution in [2.75, 3.05) is 19.6 Å². The zero-order chi connectivity index (χ0) is 21.9. The van der Waals surface area contributed by atoms with Crippen molar-refractivity contribution < 1.29 is 18.6 Å². The Morgan fingerprint density at radius 1 is 1.37 bits per heavy atom. The molecule has 1 heterocycles. The van der Waals surface area contributed by atoms with Crippen molar-refractivity contribution in [1.29, 1.82) is 0 Å². The molecule has 0 bridgehead atoms. The smallest absolute Gasteiger partial charge is 0.241 e. The van der Waals surface area contributed by atoms with E-state index in [1.807, 2.05) is 31.2 Å². The second kappa shape index (κ2) is 12.6. The number of carbonyl (C=O) groups is 3. The van der Waals surface area contributed by atoms with Crippen molar-refractivity contribution in [3.63, 3.8) is 0 Å². The minimum Gasteiger partial charge on any atom is -0.345 e. The molecular formula is C21H32N4O4S. The van der Waals surface area contributed by atoms with Crippen LogP contribution in [0.5, 0.6) is 0 Å². The number of nitrogens with one attached hydrogen (secondary N) is 2. The number of likely N-dealkylation sites (tertiary alicyclic amines) is 1. The maximum Gasteiger partial charge on any atom is 0.241 e. The number of hydrogen-bond acceptors (Lipinski definition) is 5. The molecule has 1 aromatic carbocycles. The van der Waals surface area contributed by atoms with Gasteiger partial charge in [0.2, 0.25) is 11.8 Å². The molecule has 1 aliphatic heterocycles. The highest BCUT2D eigenvalue weighted by Crippen LogP contribution is 2.14. The molecule has 166 valence electrons. The predicted octanol–water partition coefficient (Wildman–Crippen LogP) is 0.552. The average Bonchev–Trinajstić information content (AvgIpc) is 2.89. The second-order valence-corrected chi connectivity index (χ2v) is 8.80. The van der Waals surface area contributed by atoms with Gasteiger partial charge in [0.1, 0.15) is 6.29 Å². The lowest BCUT2D eigenvalue weighted by atomic mass is 10.1. The van der Waals surface area contributed by atoms with Gasteiger partial charge < -0.3 is 20.7 Å². The van der Waals surface area contributed by atoms with Crippen molar-refractivity contribution in [3.8, 4) is 0 Å². The van der Waals surface area contributed by atoms with Crippen LogP contribution in [0.25, 0.3) is 0 Å². The minimum absolute atomic E-state index is 0.117. The second-order valence-electron chi connectivity index (χ2n) is 7.58. The number of carbonyl (C=O) groups excluding carboxylic acids is 3. The topological polar surface area (TPSA) is 122 Å². The van der Waals surface area contributed by atoms with Crippen LogP contribution in [0.2, 0.25) is 0 Å². The van der Waals surface area contributed by atoms with Gasteiger partial charge in [-0.1, -0.05) is 24.3 Å². The minimum atomic E-state index is -1.41. The van der Waals surface area contributed by atoms with Gasteiger partial charge in [-0.3, -0.25) is 9.59 Å². The first-order valence-corrected chi connectivity index (χ1v) is 11.7. The first-order valence-electron chi connectivity index (χ1n) is 10.4. The normalized spacial score (nSPS) is 19.1. The summed E-state index contributed by atoms with van der Waals surface area (Å²) in [5, 5.41) is 2.65. The molecule has 0 radical (unpaired) electrons. The summed E-state index contributed by atoms with van der Waals surface area (Å²) in [5.41, 5.74) is 7.47. The molecule has 1 fully saturated rings. The highest BCUT2D eigenvalue weighted by Gasteiger charge is 2.29. The quantitative estimate of drug-likeness (QED) is 0.438. The standard InChI is InChI=1S/C21H32N4O4S/c1-16-7-2-3-8-17(16)15-30(29)24-19-10-4-5-12-25(21(19)28)13-20(27)23-18(14-26)9-6-11-22/h2-3,7-8,14,18-19,24H,4-6,9-13,15,22H2,1H3,(H,23,27)/t18-,19-,30?/m0/s1. The molecule has 2 rings (SSSR count). The van der Waals surface area contributed by atoms with Crippen molar-refractivity contribution in [3.05, 3.63) is 35.4 Å². The van der Waals surface area contributed by atoms with E-state index < -0.39 is 23.1 Å². The SMILES string of the molecule is Cc1ccccc1CS(=O)N[C@H]1CCCCN(CC(=O)N[C@H](C=O)CCCN)C1=O. The van der Waals surface area contributed by atoms with Crippen LogP contribution in [0.15, 0.2) is 24.3 Å². The molecule has 0 saturated carbocycles. The van der Waals surface area contributed by atoms with Crippen molar-refractivity contribution in [2.45, 2.75) is 56.9 Å². The van der Waals surface area contributed by atoms with Crippen LogP contribution in [0.4, 0.5) is 0 Å². The third kappa shape index (κ3) is 7.62. The first-order chi connectivity index (χ1) is 14.4. The predicted molar refractivity (Wildman–Crippen MR) is 117 cm³/mol. The fourth-order valence-electron chi connectivity index (χ4n) is 3.42. The van der Waals surface area contributed by atoms with E-state index in [0.29, 0.717) is 44.4 Å². The molecule has 1 aliphatic rings. The van der Waals surface area contributed by atoms with Gasteiger partial charge in [0.15, 0.2) is 0 Å². The number of hydrogen-bond donors (Lipinski definition) is 3. The molecule has 1 unspecified atom stereocenters. The molecule has 0 aromatic heterocycles. The summed E-state index contributed by atoms with van der Waals surface area (Å²) in [6.45, 7) is 2.75. The van der Waals surface area contributed by atoms with Crippen LogP contribution in [0, 0.1) is 6.92 Å². The molecule has 1 aromatic rings. The zero-order valence-corrected chi connectivity index (χ0v) is 18.3. The third-order valence-electron chi connectivity index (χ3n) is 5.17. The molecule has 4 N–H and O–H groups in total. The maximum atomic E-state index is 12.9. The molecule has 8 nitrogen and oxygen atoms in total. The molecule has 2 amide bonds. The Bertz CT molecular complexity index is 758. The van der Waals surface area contributed by atoms with E-state index in [-0.39, 0.29) is 18.4 Å². The van der Waals surface area contributed by atoms with E-state index >= 15 is 0 Å². The molecule has 9 heteroatoms. The zero-order valence-electron chi connectivity index (χ0n) is 17.5. The van der Waals surface area contributed by atoms with Crippen LogP contribution in [0.1, 0.15) is 43.2 Å². The van der Waals surface area contributed by atoms with Gasteiger partial charge in [0.25, 0.3) is 0 Å². The summed E-state index contributed by atoms with van der Waals surface area (Å²) in [6.07, 6.45) is 3.94. The summed E-state index contributed by atoms with van der Waals surface area (Å²) in [6, 6.07) is 6.52. The van der Waals surface area contributed by atoms with Crippen LogP contribution in [-0.2, 0) is 31.1 Å². The first kappa shape index (κ1) is 24.2. The van der Waals surface area contributed by atoms with Gasteiger partial charge in [0.05, 0.1) is 35.4 Å². The number of nitrogens with two attached hydrogens (primary N) is 1. The van der Waals surface area contributed by atoms with Gasteiger partial charge in [-0.25, -0.2) is 8.93 Å². The molecule has 30 heavy (non-hydrogen) atoms. The number of nitrogens with zero attached hydrogens (tertiary/aromatic N) is 1. The molecule has 3 atom stereocenters. The monoisotopic (exact) mass is 436 g/mol. The average molecular weight is 437 g/mol. The highest BCUT2D eigenvalue weighted by atomic mass is 32.2. The summed E-state index contributed by atoms with van der Waals surface area (Å²) in [7, 11) is -1.41. The lowest BCUT2D eigenvalue weighted by molar-refractivity contribution is -0.137. The Kier molecular flexibility index (Phi) is 10.1. The van der Waals surface area contributed by atoms with Gasteiger partial charge in [-0.2, -0.15) is 0 Å². The summed E-state index contributed by atoms with van der Waals surface area (Å²) in [4.78, 5) is 37.9.